The molecular weight excluding hydrogens is 408 g/mol. The van der Waals surface area contributed by atoms with Crippen LogP contribution >= 0.6 is 0 Å². The van der Waals surface area contributed by atoms with Crippen molar-refractivity contribution in [2.45, 2.75) is 43.0 Å². The molecule has 0 amide bonds. The lowest BCUT2D eigenvalue weighted by molar-refractivity contribution is 0.288. The predicted octanol–water partition coefficient (Wildman–Crippen LogP) is 4.94. The van der Waals surface area contributed by atoms with Crippen molar-refractivity contribution in [2.24, 2.45) is 11.8 Å². The standard InChI is InChI=1S/C25H30N2O3S/c1-17-11-13-27(14-12-17)31(28,29)20-9-10-24-23(16-20)21-7-4-8-22(21)25(26-24)18-5-3-6-19(15-18)30-2/h3-7,9-10,15-17,21-22,25-26H,8,11-14H2,1-2H3. The normalized spacial score (nSPS) is 26.2. The molecule has 0 saturated carbocycles. The Kier molecular flexibility index (Phi) is 5.30. The van der Waals surface area contributed by atoms with Crippen LogP contribution in [0.25, 0.3) is 0 Å². The molecule has 2 aromatic carbocycles. The number of hydrogen-bond acceptors (Lipinski definition) is 4. The molecule has 3 aliphatic rings. The Morgan fingerprint density at radius 3 is 2.68 bits per heavy atom. The van der Waals surface area contributed by atoms with Crippen LogP contribution in [0.15, 0.2) is 59.5 Å². The minimum absolute atomic E-state index is 0.161. The molecule has 1 aliphatic carbocycles. The lowest BCUT2D eigenvalue weighted by Gasteiger charge is -2.38. The summed E-state index contributed by atoms with van der Waals surface area (Å²) < 4.78 is 33.7. The van der Waals surface area contributed by atoms with E-state index in [0.717, 1.165) is 36.3 Å². The second kappa shape index (κ2) is 7.99. The number of nitrogens with zero attached hydrogens (tertiary/aromatic N) is 1. The fourth-order valence-corrected chi connectivity index (χ4v) is 6.78. The van der Waals surface area contributed by atoms with Crippen molar-refractivity contribution >= 4 is 15.7 Å². The number of piperidine rings is 1. The molecule has 1 N–H and O–H groups in total. The SMILES string of the molecule is COc1cccc(C2Nc3ccc(S(=O)(=O)N4CCC(C)CC4)cc3C3C=CCC32)c1. The van der Waals surface area contributed by atoms with E-state index in [9.17, 15) is 8.42 Å². The van der Waals surface area contributed by atoms with Gasteiger partial charge >= 0.3 is 0 Å². The average Bonchev–Trinajstić information content (AvgIpc) is 3.29. The Bertz CT molecular complexity index is 1100. The number of nitrogens with one attached hydrogen (secondary N) is 1. The van der Waals surface area contributed by atoms with E-state index < -0.39 is 10.0 Å². The molecule has 3 atom stereocenters. The number of rotatable bonds is 4. The van der Waals surface area contributed by atoms with Gasteiger partial charge in [0.05, 0.1) is 18.0 Å². The minimum Gasteiger partial charge on any atom is -0.497 e. The fourth-order valence-electron chi connectivity index (χ4n) is 5.27. The Hall–Kier alpha value is -2.31. The molecule has 164 valence electrons. The molecule has 6 heteroatoms. The molecule has 2 heterocycles. The first kappa shape index (κ1) is 20.6. The molecule has 0 spiro atoms. The number of fused-ring (bicyclic) bond motifs is 3. The van der Waals surface area contributed by atoms with Crippen molar-refractivity contribution < 1.29 is 13.2 Å². The van der Waals surface area contributed by atoms with Gasteiger partial charge in [-0.2, -0.15) is 4.31 Å². The van der Waals surface area contributed by atoms with Crippen LogP contribution in [-0.2, 0) is 10.0 Å². The van der Waals surface area contributed by atoms with Crippen LogP contribution in [0.4, 0.5) is 5.69 Å². The second-order valence-corrected chi connectivity index (χ2v) is 11.0. The number of allylic oxidation sites excluding steroid dienone is 2. The summed E-state index contributed by atoms with van der Waals surface area (Å²) in [6.07, 6.45) is 7.31. The highest BCUT2D eigenvalue weighted by Gasteiger charge is 2.39. The minimum atomic E-state index is -3.46. The van der Waals surface area contributed by atoms with Crippen molar-refractivity contribution in [3.63, 3.8) is 0 Å². The van der Waals surface area contributed by atoms with Crippen molar-refractivity contribution in [3.05, 3.63) is 65.7 Å². The summed E-state index contributed by atoms with van der Waals surface area (Å²) in [6.45, 7) is 3.42. The molecule has 31 heavy (non-hydrogen) atoms. The Morgan fingerprint density at radius 2 is 1.90 bits per heavy atom. The molecule has 1 fully saturated rings. The third kappa shape index (κ3) is 3.66. The third-order valence-electron chi connectivity index (χ3n) is 7.17. The summed E-state index contributed by atoms with van der Waals surface area (Å²) in [5.41, 5.74) is 3.30. The first-order chi connectivity index (χ1) is 15.0. The van der Waals surface area contributed by atoms with Crippen LogP contribution in [0.3, 0.4) is 0 Å². The zero-order valence-corrected chi connectivity index (χ0v) is 18.9. The Labute approximate surface area is 185 Å². The van der Waals surface area contributed by atoms with Gasteiger partial charge in [0.1, 0.15) is 5.75 Å². The molecule has 0 aromatic heterocycles. The monoisotopic (exact) mass is 438 g/mol. The van der Waals surface area contributed by atoms with Gasteiger partial charge in [0.2, 0.25) is 10.0 Å². The van der Waals surface area contributed by atoms with E-state index in [-0.39, 0.29) is 12.0 Å². The van der Waals surface area contributed by atoms with Crippen molar-refractivity contribution in [1.82, 2.24) is 4.31 Å². The van der Waals surface area contributed by atoms with Crippen LogP contribution in [0.2, 0.25) is 0 Å². The zero-order valence-electron chi connectivity index (χ0n) is 18.1. The van der Waals surface area contributed by atoms with Gasteiger partial charge in [-0.25, -0.2) is 8.42 Å². The average molecular weight is 439 g/mol. The first-order valence-corrected chi connectivity index (χ1v) is 12.6. The van der Waals surface area contributed by atoms with Gasteiger partial charge < -0.3 is 10.1 Å². The second-order valence-electron chi connectivity index (χ2n) is 9.09. The number of ether oxygens (including phenoxy) is 1. The molecular formula is C25H30N2O3S. The summed E-state index contributed by atoms with van der Waals surface area (Å²) in [5, 5.41) is 3.70. The number of hydrogen-bond donors (Lipinski definition) is 1. The van der Waals surface area contributed by atoms with Gasteiger partial charge in [-0.3, -0.25) is 0 Å². The van der Waals surface area contributed by atoms with Gasteiger partial charge in [0.15, 0.2) is 0 Å². The van der Waals surface area contributed by atoms with E-state index in [4.69, 9.17) is 4.74 Å². The summed E-state index contributed by atoms with van der Waals surface area (Å²) in [5.74, 6) is 2.01. The molecule has 2 aliphatic heterocycles. The highest BCUT2D eigenvalue weighted by Crippen LogP contribution is 2.50. The summed E-state index contributed by atoms with van der Waals surface area (Å²) in [6, 6.07) is 14.0. The molecule has 2 aromatic rings. The number of sulfonamides is 1. The summed E-state index contributed by atoms with van der Waals surface area (Å²) >= 11 is 0. The smallest absolute Gasteiger partial charge is 0.243 e. The molecule has 3 unspecified atom stereocenters. The first-order valence-electron chi connectivity index (χ1n) is 11.2. The van der Waals surface area contributed by atoms with E-state index in [2.05, 4.69) is 36.5 Å². The van der Waals surface area contributed by atoms with Crippen LogP contribution in [0, 0.1) is 11.8 Å². The van der Waals surface area contributed by atoms with E-state index in [1.54, 1.807) is 17.5 Å². The summed E-state index contributed by atoms with van der Waals surface area (Å²) in [7, 11) is -1.77. The number of methoxy groups -OCH3 is 1. The predicted molar refractivity (Wildman–Crippen MR) is 123 cm³/mol. The van der Waals surface area contributed by atoms with Gasteiger partial charge in [-0.1, -0.05) is 31.2 Å². The van der Waals surface area contributed by atoms with Crippen LogP contribution in [0.1, 0.15) is 49.3 Å². The topological polar surface area (TPSA) is 58.6 Å². The lowest BCUT2D eigenvalue weighted by atomic mass is 9.77. The largest absolute Gasteiger partial charge is 0.497 e. The maximum atomic E-state index is 13.3. The Balaban J connectivity index is 1.48. The zero-order chi connectivity index (χ0) is 21.6. The van der Waals surface area contributed by atoms with Crippen LogP contribution < -0.4 is 10.1 Å². The van der Waals surface area contributed by atoms with Gasteiger partial charge in [-0.05, 0) is 72.6 Å². The maximum absolute atomic E-state index is 13.3. The van der Waals surface area contributed by atoms with Gasteiger partial charge in [-0.15, -0.1) is 0 Å². The molecule has 5 rings (SSSR count). The number of anilines is 1. The van der Waals surface area contributed by atoms with Crippen molar-refractivity contribution in [3.8, 4) is 5.75 Å². The van der Waals surface area contributed by atoms with Crippen LogP contribution in [0.5, 0.6) is 5.75 Å². The molecule has 0 bridgehead atoms. The third-order valence-corrected chi connectivity index (χ3v) is 9.06. The van der Waals surface area contributed by atoms with Crippen molar-refractivity contribution in [1.29, 1.82) is 0 Å². The van der Waals surface area contributed by atoms with E-state index in [1.807, 2.05) is 24.3 Å². The van der Waals surface area contributed by atoms with E-state index in [1.165, 1.54) is 5.56 Å². The van der Waals surface area contributed by atoms with Crippen molar-refractivity contribution in [2.75, 3.05) is 25.5 Å². The molecule has 1 saturated heterocycles. The maximum Gasteiger partial charge on any atom is 0.243 e. The highest BCUT2D eigenvalue weighted by molar-refractivity contribution is 7.89. The fraction of sp³-hybridized carbons (Fsp3) is 0.440. The Morgan fingerprint density at radius 1 is 1.10 bits per heavy atom. The molecule has 5 nitrogen and oxygen atoms in total. The summed E-state index contributed by atoms with van der Waals surface area (Å²) in [4.78, 5) is 0.418. The quantitative estimate of drug-likeness (QED) is 0.687. The van der Waals surface area contributed by atoms with E-state index in [0.29, 0.717) is 29.8 Å². The van der Waals surface area contributed by atoms with Gasteiger partial charge in [0.25, 0.3) is 0 Å². The van der Waals surface area contributed by atoms with Crippen LogP contribution in [-0.4, -0.2) is 32.9 Å². The highest BCUT2D eigenvalue weighted by atomic mass is 32.2. The lowest BCUT2D eigenvalue weighted by Crippen LogP contribution is -2.38. The van der Waals surface area contributed by atoms with Gasteiger partial charge in [0, 0.05) is 24.7 Å². The number of benzene rings is 2. The van der Waals surface area contributed by atoms with E-state index >= 15 is 0 Å². The molecule has 0 radical (unpaired) electrons.